The van der Waals surface area contributed by atoms with Gasteiger partial charge in [0.2, 0.25) is 0 Å². The van der Waals surface area contributed by atoms with E-state index in [1.54, 1.807) is 48.5 Å². The number of hydrogen-bond donors (Lipinski definition) is 1. The number of Topliss-reactive ketones (excluding diaryl/α,β-unsaturated/α-hetero) is 1. The number of rotatable bonds is 7. The van der Waals surface area contributed by atoms with E-state index in [0.29, 0.717) is 23.2 Å². The Labute approximate surface area is 164 Å². The smallest absolute Gasteiger partial charge is 0.261 e. The maximum atomic E-state index is 13.0. The standard InChI is InChI=1S/C22H20FNO3S/c1-16-6-13-20(14-7-16)28(26,27)24-21-5-3-2-4-17(21)10-15-22(25)18-8-11-19(23)12-9-18/h2-9,11-14,24H,10,15H2,1H3. The van der Waals surface area contributed by atoms with Crippen molar-refractivity contribution in [2.75, 3.05) is 4.72 Å². The minimum Gasteiger partial charge on any atom is -0.294 e. The molecule has 0 saturated heterocycles. The number of benzene rings is 3. The average Bonchev–Trinajstić information content (AvgIpc) is 2.68. The van der Waals surface area contributed by atoms with E-state index in [0.717, 1.165) is 5.56 Å². The quantitative estimate of drug-likeness (QED) is 0.585. The minimum absolute atomic E-state index is 0.129. The predicted octanol–water partition coefficient (Wildman–Crippen LogP) is 4.75. The number of aryl methyl sites for hydroxylation is 2. The highest BCUT2D eigenvalue weighted by Crippen LogP contribution is 2.22. The van der Waals surface area contributed by atoms with E-state index in [4.69, 9.17) is 0 Å². The highest BCUT2D eigenvalue weighted by Gasteiger charge is 2.16. The molecule has 28 heavy (non-hydrogen) atoms. The van der Waals surface area contributed by atoms with Crippen molar-refractivity contribution in [2.45, 2.75) is 24.7 Å². The molecule has 0 heterocycles. The second kappa shape index (κ2) is 8.35. The molecule has 6 heteroatoms. The molecule has 3 aromatic rings. The van der Waals surface area contributed by atoms with E-state index in [1.165, 1.54) is 24.3 Å². The number of anilines is 1. The van der Waals surface area contributed by atoms with E-state index in [9.17, 15) is 17.6 Å². The van der Waals surface area contributed by atoms with Crippen molar-refractivity contribution in [3.05, 3.63) is 95.3 Å². The minimum atomic E-state index is -3.72. The zero-order valence-electron chi connectivity index (χ0n) is 15.4. The molecular formula is C22H20FNO3S. The highest BCUT2D eigenvalue weighted by molar-refractivity contribution is 7.92. The van der Waals surface area contributed by atoms with Gasteiger partial charge >= 0.3 is 0 Å². The third-order valence-corrected chi connectivity index (χ3v) is 5.76. The van der Waals surface area contributed by atoms with Gasteiger partial charge < -0.3 is 0 Å². The summed E-state index contributed by atoms with van der Waals surface area (Å²) in [5, 5.41) is 0. The van der Waals surface area contributed by atoms with Crippen LogP contribution in [0.3, 0.4) is 0 Å². The molecule has 0 amide bonds. The van der Waals surface area contributed by atoms with E-state index in [2.05, 4.69) is 4.72 Å². The molecular weight excluding hydrogens is 377 g/mol. The molecule has 144 valence electrons. The van der Waals surface area contributed by atoms with Gasteiger partial charge in [-0.2, -0.15) is 0 Å². The van der Waals surface area contributed by atoms with Crippen LogP contribution in [0.4, 0.5) is 10.1 Å². The molecule has 1 N–H and O–H groups in total. The van der Waals surface area contributed by atoms with Crippen LogP contribution in [0.1, 0.15) is 27.9 Å². The van der Waals surface area contributed by atoms with Crippen LogP contribution in [0.5, 0.6) is 0 Å². The lowest BCUT2D eigenvalue weighted by atomic mass is 10.0. The van der Waals surface area contributed by atoms with E-state index < -0.39 is 15.8 Å². The Morgan fingerprint density at radius 2 is 1.57 bits per heavy atom. The molecule has 0 aliphatic heterocycles. The summed E-state index contributed by atoms with van der Waals surface area (Å²) in [6.45, 7) is 1.89. The monoisotopic (exact) mass is 397 g/mol. The van der Waals surface area contributed by atoms with Crippen molar-refractivity contribution in [1.82, 2.24) is 0 Å². The largest absolute Gasteiger partial charge is 0.294 e. The first-order valence-corrected chi connectivity index (χ1v) is 10.3. The zero-order valence-corrected chi connectivity index (χ0v) is 16.2. The van der Waals surface area contributed by atoms with Gasteiger partial charge in [-0.15, -0.1) is 0 Å². The number of hydrogen-bond acceptors (Lipinski definition) is 3. The first-order valence-electron chi connectivity index (χ1n) is 8.81. The molecule has 0 bridgehead atoms. The number of sulfonamides is 1. The van der Waals surface area contributed by atoms with Gasteiger partial charge in [0.05, 0.1) is 10.6 Å². The predicted molar refractivity (Wildman–Crippen MR) is 107 cm³/mol. The molecule has 0 radical (unpaired) electrons. The van der Waals surface area contributed by atoms with Crippen LogP contribution in [0.15, 0.2) is 77.7 Å². The number of halogens is 1. The van der Waals surface area contributed by atoms with Gasteiger partial charge in [-0.05, 0) is 61.4 Å². The Morgan fingerprint density at radius 1 is 0.929 bits per heavy atom. The van der Waals surface area contributed by atoms with Crippen molar-refractivity contribution in [1.29, 1.82) is 0 Å². The zero-order chi connectivity index (χ0) is 20.1. The summed E-state index contributed by atoms with van der Waals surface area (Å²) in [7, 11) is -3.72. The van der Waals surface area contributed by atoms with Gasteiger partial charge in [0.25, 0.3) is 10.0 Å². The Kier molecular flexibility index (Phi) is 5.90. The summed E-state index contributed by atoms with van der Waals surface area (Å²) < 4.78 is 40.9. The third kappa shape index (κ3) is 4.84. The molecule has 0 fully saturated rings. The summed E-state index contributed by atoms with van der Waals surface area (Å²) in [4.78, 5) is 12.5. The van der Waals surface area contributed by atoms with Gasteiger partial charge in [0, 0.05) is 12.0 Å². The lowest BCUT2D eigenvalue weighted by Gasteiger charge is -2.13. The Morgan fingerprint density at radius 3 is 2.25 bits per heavy atom. The molecule has 3 aromatic carbocycles. The molecule has 0 aliphatic carbocycles. The second-order valence-corrected chi connectivity index (χ2v) is 8.19. The molecule has 0 aliphatic rings. The normalized spacial score (nSPS) is 11.2. The fourth-order valence-electron chi connectivity index (χ4n) is 2.79. The number of nitrogens with one attached hydrogen (secondary N) is 1. The summed E-state index contributed by atoms with van der Waals surface area (Å²) in [5.41, 5.74) is 2.56. The van der Waals surface area contributed by atoms with E-state index in [1.807, 2.05) is 6.92 Å². The molecule has 3 rings (SSSR count). The number of carbonyl (C=O) groups is 1. The fourth-order valence-corrected chi connectivity index (χ4v) is 3.89. The van der Waals surface area contributed by atoms with Crippen molar-refractivity contribution in [2.24, 2.45) is 0 Å². The van der Waals surface area contributed by atoms with Gasteiger partial charge in [-0.3, -0.25) is 9.52 Å². The summed E-state index contributed by atoms with van der Waals surface area (Å²) in [6, 6.07) is 19.0. The summed E-state index contributed by atoms with van der Waals surface area (Å²) >= 11 is 0. The Bertz CT molecular complexity index is 1080. The second-order valence-electron chi connectivity index (χ2n) is 6.51. The maximum absolute atomic E-state index is 13.0. The molecule has 4 nitrogen and oxygen atoms in total. The fraction of sp³-hybridized carbons (Fsp3) is 0.136. The molecule has 0 atom stereocenters. The van der Waals surface area contributed by atoms with Crippen LogP contribution < -0.4 is 4.72 Å². The lowest BCUT2D eigenvalue weighted by molar-refractivity contribution is 0.0983. The number of para-hydroxylation sites is 1. The molecule has 0 aromatic heterocycles. The van der Waals surface area contributed by atoms with Crippen molar-refractivity contribution in [3.8, 4) is 0 Å². The summed E-state index contributed by atoms with van der Waals surface area (Å²) in [5.74, 6) is -0.524. The highest BCUT2D eigenvalue weighted by atomic mass is 32.2. The topological polar surface area (TPSA) is 63.2 Å². The molecule has 0 unspecified atom stereocenters. The average molecular weight is 397 g/mol. The summed E-state index contributed by atoms with van der Waals surface area (Å²) in [6.07, 6.45) is 0.553. The van der Waals surface area contributed by atoms with Crippen molar-refractivity contribution >= 4 is 21.5 Å². The third-order valence-electron chi connectivity index (χ3n) is 4.38. The van der Waals surface area contributed by atoms with Gasteiger partial charge in [-0.1, -0.05) is 35.9 Å². The van der Waals surface area contributed by atoms with Gasteiger partial charge in [0.15, 0.2) is 5.78 Å². The van der Waals surface area contributed by atoms with Crippen molar-refractivity contribution < 1.29 is 17.6 Å². The van der Waals surface area contributed by atoms with Crippen LogP contribution in [-0.4, -0.2) is 14.2 Å². The van der Waals surface area contributed by atoms with Crippen LogP contribution >= 0.6 is 0 Å². The number of carbonyl (C=O) groups excluding carboxylic acids is 1. The van der Waals surface area contributed by atoms with Crippen LogP contribution in [0.2, 0.25) is 0 Å². The lowest BCUT2D eigenvalue weighted by Crippen LogP contribution is -2.14. The van der Waals surface area contributed by atoms with Crippen LogP contribution in [0, 0.1) is 12.7 Å². The Balaban J connectivity index is 1.75. The van der Waals surface area contributed by atoms with Crippen molar-refractivity contribution in [3.63, 3.8) is 0 Å². The van der Waals surface area contributed by atoms with Gasteiger partial charge in [0.1, 0.15) is 5.82 Å². The van der Waals surface area contributed by atoms with Gasteiger partial charge in [-0.25, -0.2) is 12.8 Å². The van der Waals surface area contributed by atoms with Crippen LogP contribution in [-0.2, 0) is 16.4 Å². The first kappa shape index (κ1) is 19.8. The Hall–Kier alpha value is -2.99. The SMILES string of the molecule is Cc1ccc(S(=O)(=O)Nc2ccccc2CCC(=O)c2ccc(F)cc2)cc1. The molecule has 0 saturated carbocycles. The molecule has 0 spiro atoms. The van der Waals surface area contributed by atoms with E-state index in [-0.39, 0.29) is 17.1 Å². The first-order chi connectivity index (χ1) is 13.3. The van der Waals surface area contributed by atoms with Crippen LogP contribution in [0.25, 0.3) is 0 Å². The number of ketones is 1. The maximum Gasteiger partial charge on any atom is 0.261 e. The van der Waals surface area contributed by atoms with E-state index >= 15 is 0 Å².